The summed E-state index contributed by atoms with van der Waals surface area (Å²) in [6.45, 7) is 2.52. The molecule has 0 aliphatic heterocycles. The van der Waals surface area contributed by atoms with E-state index in [4.69, 9.17) is 4.74 Å². The predicted octanol–water partition coefficient (Wildman–Crippen LogP) is 2.74. The van der Waals surface area contributed by atoms with Crippen LogP contribution >= 0.6 is 0 Å². The van der Waals surface area contributed by atoms with Crippen LogP contribution in [0.1, 0.15) is 11.1 Å². The van der Waals surface area contributed by atoms with Crippen LogP contribution in [0, 0.1) is 6.92 Å². The number of aromatic nitrogens is 2. The minimum Gasteiger partial charge on any atom is -0.493 e. The smallest absolute Gasteiger partial charge is 0.327 e. The lowest BCUT2D eigenvalue weighted by Gasteiger charge is -2.12. The Kier molecular flexibility index (Phi) is 4.99. The van der Waals surface area contributed by atoms with Gasteiger partial charge >= 0.3 is 5.69 Å². The molecule has 0 saturated heterocycles. The largest absolute Gasteiger partial charge is 0.493 e. The van der Waals surface area contributed by atoms with E-state index in [2.05, 4.69) is 27.4 Å². The molecule has 6 heteroatoms. The van der Waals surface area contributed by atoms with E-state index in [0.29, 0.717) is 12.4 Å². The van der Waals surface area contributed by atoms with Crippen molar-refractivity contribution in [1.82, 2.24) is 9.97 Å². The van der Waals surface area contributed by atoms with Crippen molar-refractivity contribution in [1.29, 1.82) is 0 Å². The highest BCUT2D eigenvalue weighted by molar-refractivity contribution is 5.61. The minimum atomic E-state index is -0.548. The molecule has 0 unspecified atom stereocenters. The number of benzene rings is 2. The van der Waals surface area contributed by atoms with Gasteiger partial charge in [0.15, 0.2) is 0 Å². The summed E-state index contributed by atoms with van der Waals surface area (Å²) >= 11 is 0. The summed E-state index contributed by atoms with van der Waals surface area (Å²) in [7, 11) is 0. The van der Waals surface area contributed by atoms with Crippen LogP contribution in [0.5, 0.6) is 5.75 Å². The number of rotatable bonds is 6. The molecule has 0 spiro atoms. The van der Waals surface area contributed by atoms with E-state index in [-0.39, 0.29) is 0 Å². The van der Waals surface area contributed by atoms with Crippen LogP contribution in [0.2, 0.25) is 0 Å². The first kappa shape index (κ1) is 16.6. The zero-order chi connectivity index (χ0) is 17.6. The van der Waals surface area contributed by atoms with E-state index in [1.54, 1.807) is 0 Å². The fourth-order valence-corrected chi connectivity index (χ4v) is 2.48. The molecule has 0 amide bonds. The lowest BCUT2D eigenvalue weighted by molar-refractivity contribution is 0.322. The van der Waals surface area contributed by atoms with E-state index in [1.165, 1.54) is 11.6 Å². The van der Waals surface area contributed by atoms with Crippen molar-refractivity contribution in [3.63, 3.8) is 0 Å². The Labute approximate surface area is 144 Å². The average molecular weight is 337 g/mol. The van der Waals surface area contributed by atoms with Crippen molar-refractivity contribution in [3.05, 3.63) is 86.6 Å². The highest BCUT2D eigenvalue weighted by Gasteiger charge is 2.04. The molecule has 1 aromatic heterocycles. The monoisotopic (exact) mass is 337 g/mol. The van der Waals surface area contributed by atoms with E-state index < -0.39 is 11.2 Å². The number of hydrogen-bond acceptors (Lipinski definition) is 4. The van der Waals surface area contributed by atoms with Crippen molar-refractivity contribution >= 4 is 11.5 Å². The molecule has 25 heavy (non-hydrogen) atoms. The molecule has 1 heterocycles. The Morgan fingerprint density at radius 1 is 1.00 bits per heavy atom. The molecular formula is C19H19N3O3. The number of H-pyrrole nitrogens is 2. The number of ether oxygens (including phenoxy) is 1. The van der Waals surface area contributed by atoms with Crippen molar-refractivity contribution < 1.29 is 4.74 Å². The standard InChI is InChI=1S/C19H19N3O3/c1-13-11-15(25-10-9-14-5-3-2-4-6-14)7-8-16(13)20-17-12-18(23)22-19(24)21-17/h2-8,11-12H,9-10H2,1H3,(H3,20,21,22,23,24). The highest BCUT2D eigenvalue weighted by Crippen LogP contribution is 2.23. The highest BCUT2D eigenvalue weighted by atomic mass is 16.5. The molecule has 3 N–H and O–H groups in total. The Hall–Kier alpha value is -3.28. The number of aryl methyl sites for hydroxylation is 1. The molecular weight excluding hydrogens is 318 g/mol. The number of hydrogen-bond donors (Lipinski definition) is 3. The molecule has 6 nitrogen and oxygen atoms in total. The van der Waals surface area contributed by atoms with Crippen LogP contribution < -0.4 is 21.3 Å². The van der Waals surface area contributed by atoms with Gasteiger partial charge in [0, 0.05) is 18.2 Å². The van der Waals surface area contributed by atoms with Crippen molar-refractivity contribution in [2.24, 2.45) is 0 Å². The van der Waals surface area contributed by atoms with Gasteiger partial charge in [-0.1, -0.05) is 30.3 Å². The molecule has 128 valence electrons. The molecule has 0 saturated carbocycles. The normalized spacial score (nSPS) is 10.4. The summed E-state index contributed by atoms with van der Waals surface area (Å²) in [6.07, 6.45) is 0.841. The molecule has 0 fully saturated rings. The van der Waals surface area contributed by atoms with Gasteiger partial charge in [-0.3, -0.25) is 14.8 Å². The SMILES string of the molecule is Cc1cc(OCCc2ccccc2)ccc1Nc1cc(=O)[nH]c(=O)[nH]1. The van der Waals surface area contributed by atoms with E-state index in [1.807, 2.05) is 43.3 Å². The molecule has 0 radical (unpaired) electrons. The molecule has 0 aliphatic carbocycles. The molecule has 2 aromatic carbocycles. The van der Waals surface area contributed by atoms with Gasteiger partial charge in [0.05, 0.1) is 6.61 Å². The second-order valence-electron chi connectivity index (χ2n) is 5.69. The maximum absolute atomic E-state index is 11.3. The predicted molar refractivity (Wildman–Crippen MR) is 97.8 cm³/mol. The third kappa shape index (κ3) is 4.60. The molecule has 3 rings (SSSR count). The molecule has 3 aromatic rings. The lowest BCUT2D eigenvalue weighted by Crippen LogP contribution is -2.22. The van der Waals surface area contributed by atoms with Crippen LogP contribution in [0.15, 0.2) is 64.2 Å². The molecule has 0 bridgehead atoms. The van der Waals surface area contributed by atoms with E-state index in [9.17, 15) is 9.59 Å². The topological polar surface area (TPSA) is 87.0 Å². The third-order valence-electron chi connectivity index (χ3n) is 3.73. The van der Waals surface area contributed by atoms with Crippen molar-refractivity contribution in [3.8, 4) is 5.75 Å². The number of aromatic amines is 2. The van der Waals surface area contributed by atoms with Gasteiger partial charge in [-0.15, -0.1) is 0 Å². The van der Waals surface area contributed by atoms with Gasteiger partial charge < -0.3 is 10.1 Å². The molecule has 0 aliphatic rings. The summed E-state index contributed by atoms with van der Waals surface area (Å²) in [5, 5.41) is 3.03. The Morgan fingerprint density at radius 3 is 2.52 bits per heavy atom. The number of anilines is 2. The second-order valence-corrected chi connectivity index (χ2v) is 5.69. The Balaban J connectivity index is 1.64. The summed E-state index contributed by atoms with van der Waals surface area (Å²) < 4.78 is 5.79. The maximum Gasteiger partial charge on any atom is 0.327 e. The first-order valence-corrected chi connectivity index (χ1v) is 7.98. The fourth-order valence-electron chi connectivity index (χ4n) is 2.48. The number of nitrogens with one attached hydrogen (secondary N) is 3. The Bertz CT molecular complexity index is 933. The first-order chi connectivity index (χ1) is 12.1. The van der Waals surface area contributed by atoms with Crippen molar-refractivity contribution in [2.75, 3.05) is 11.9 Å². The van der Waals surface area contributed by atoms with Gasteiger partial charge in [0.1, 0.15) is 11.6 Å². The van der Waals surface area contributed by atoms with Crippen LogP contribution in [-0.2, 0) is 6.42 Å². The Morgan fingerprint density at radius 2 is 1.80 bits per heavy atom. The lowest BCUT2D eigenvalue weighted by atomic mass is 10.1. The van der Waals surface area contributed by atoms with E-state index in [0.717, 1.165) is 23.4 Å². The van der Waals surface area contributed by atoms with E-state index >= 15 is 0 Å². The van der Waals surface area contributed by atoms with Crippen LogP contribution in [-0.4, -0.2) is 16.6 Å². The zero-order valence-corrected chi connectivity index (χ0v) is 13.8. The zero-order valence-electron chi connectivity index (χ0n) is 13.8. The summed E-state index contributed by atoms with van der Waals surface area (Å²) in [4.78, 5) is 27.3. The van der Waals surface area contributed by atoms with Crippen molar-refractivity contribution in [2.45, 2.75) is 13.3 Å². The van der Waals surface area contributed by atoms with Gasteiger partial charge in [0.25, 0.3) is 5.56 Å². The average Bonchev–Trinajstić information content (AvgIpc) is 2.57. The van der Waals surface area contributed by atoms with Crippen LogP contribution in [0.3, 0.4) is 0 Å². The third-order valence-corrected chi connectivity index (χ3v) is 3.73. The summed E-state index contributed by atoms with van der Waals surface area (Å²) in [5.41, 5.74) is 1.96. The second kappa shape index (κ2) is 7.53. The first-order valence-electron chi connectivity index (χ1n) is 7.98. The van der Waals surface area contributed by atoms with Crippen LogP contribution in [0.4, 0.5) is 11.5 Å². The minimum absolute atomic E-state index is 0.342. The maximum atomic E-state index is 11.3. The quantitative estimate of drug-likeness (QED) is 0.645. The van der Waals surface area contributed by atoms with Gasteiger partial charge in [0.2, 0.25) is 0 Å². The fraction of sp³-hybridized carbons (Fsp3) is 0.158. The summed E-state index contributed by atoms with van der Waals surface area (Å²) in [6, 6.07) is 17.1. The molecule has 0 atom stereocenters. The van der Waals surface area contributed by atoms with Gasteiger partial charge in [-0.2, -0.15) is 0 Å². The summed E-state index contributed by atoms with van der Waals surface area (Å²) in [5.74, 6) is 1.12. The van der Waals surface area contributed by atoms with Crippen LogP contribution in [0.25, 0.3) is 0 Å². The van der Waals surface area contributed by atoms with Gasteiger partial charge in [-0.05, 0) is 36.2 Å². The van der Waals surface area contributed by atoms with Gasteiger partial charge in [-0.25, -0.2) is 4.79 Å².